The van der Waals surface area contributed by atoms with Crippen LogP contribution >= 0.6 is 0 Å². The van der Waals surface area contributed by atoms with Gasteiger partial charge in [-0.15, -0.1) is 0 Å². The van der Waals surface area contributed by atoms with E-state index in [1.54, 1.807) is 49.4 Å². The second kappa shape index (κ2) is 8.68. The van der Waals surface area contributed by atoms with Crippen molar-refractivity contribution in [3.8, 4) is 17.2 Å². The van der Waals surface area contributed by atoms with Gasteiger partial charge in [0.1, 0.15) is 17.2 Å². The van der Waals surface area contributed by atoms with Crippen LogP contribution in [0.5, 0.6) is 17.2 Å². The number of pyridine rings is 1. The van der Waals surface area contributed by atoms with Gasteiger partial charge in [-0.2, -0.15) is 0 Å². The molecule has 3 rings (SSSR count). The Hall–Kier alpha value is -3.48. The Morgan fingerprint density at radius 2 is 1.90 bits per heavy atom. The molecular formula is C22H23NO6. The Morgan fingerprint density at radius 1 is 1.14 bits per heavy atom. The van der Waals surface area contributed by atoms with Crippen LogP contribution in [0.25, 0.3) is 10.9 Å². The van der Waals surface area contributed by atoms with E-state index in [1.807, 2.05) is 0 Å². The van der Waals surface area contributed by atoms with Crippen molar-refractivity contribution in [2.24, 2.45) is 0 Å². The van der Waals surface area contributed by atoms with Crippen molar-refractivity contribution in [3.63, 3.8) is 0 Å². The molecule has 3 aromatic rings. The van der Waals surface area contributed by atoms with Crippen LogP contribution in [-0.4, -0.2) is 36.9 Å². The molecule has 0 unspecified atom stereocenters. The fourth-order valence-corrected chi connectivity index (χ4v) is 3.42. The number of aromatic amines is 1. The van der Waals surface area contributed by atoms with Gasteiger partial charge < -0.3 is 24.3 Å². The Kier molecular flexibility index (Phi) is 6.07. The normalized spacial score (nSPS) is 11.8. The summed E-state index contributed by atoms with van der Waals surface area (Å²) in [6.45, 7) is 1.92. The number of esters is 1. The molecule has 2 N–H and O–H groups in total. The number of hydrogen-bond acceptors (Lipinski definition) is 6. The number of rotatable bonds is 7. The van der Waals surface area contributed by atoms with E-state index in [2.05, 4.69) is 4.98 Å². The summed E-state index contributed by atoms with van der Waals surface area (Å²) in [6.07, 6.45) is -0.133. The van der Waals surface area contributed by atoms with Gasteiger partial charge >= 0.3 is 5.97 Å². The van der Waals surface area contributed by atoms with Crippen LogP contribution in [0.3, 0.4) is 0 Å². The number of H-pyrrole nitrogens is 1. The van der Waals surface area contributed by atoms with Gasteiger partial charge in [-0.3, -0.25) is 9.59 Å². The molecule has 1 heterocycles. The highest BCUT2D eigenvalue weighted by Crippen LogP contribution is 2.40. The smallest absolute Gasteiger partial charge is 0.306 e. The van der Waals surface area contributed by atoms with E-state index < -0.39 is 17.4 Å². The number of aromatic nitrogens is 1. The van der Waals surface area contributed by atoms with Gasteiger partial charge in [0, 0.05) is 22.9 Å². The number of hydrogen-bond donors (Lipinski definition) is 2. The summed E-state index contributed by atoms with van der Waals surface area (Å²) in [4.78, 5) is 28.0. The highest BCUT2D eigenvalue weighted by molar-refractivity contribution is 5.86. The molecule has 0 saturated heterocycles. The minimum absolute atomic E-state index is 0.0835. The van der Waals surface area contributed by atoms with E-state index in [4.69, 9.17) is 14.2 Å². The summed E-state index contributed by atoms with van der Waals surface area (Å²) < 4.78 is 15.8. The van der Waals surface area contributed by atoms with Crippen LogP contribution in [0, 0.1) is 0 Å². The van der Waals surface area contributed by atoms with E-state index in [9.17, 15) is 14.7 Å². The first-order valence-electron chi connectivity index (χ1n) is 9.21. The maximum absolute atomic E-state index is 12.9. The monoisotopic (exact) mass is 397 g/mol. The molecule has 152 valence electrons. The number of ether oxygens (including phenoxy) is 3. The molecule has 2 aromatic carbocycles. The van der Waals surface area contributed by atoms with E-state index in [0.717, 1.165) is 0 Å². The zero-order valence-corrected chi connectivity index (χ0v) is 16.5. The number of aromatic hydroxyl groups is 1. The van der Waals surface area contributed by atoms with E-state index in [1.165, 1.54) is 14.2 Å². The quantitative estimate of drug-likeness (QED) is 0.594. The predicted molar refractivity (Wildman–Crippen MR) is 109 cm³/mol. The van der Waals surface area contributed by atoms with Gasteiger partial charge in [0.2, 0.25) is 0 Å². The first kappa shape index (κ1) is 20.3. The highest BCUT2D eigenvalue weighted by Gasteiger charge is 2.29. The number of carbonyl (C=O) groups is 1. The maximum Gasteiger partial charge on any atom is 0.306 e. The molecule has 0 fully saturated rings. The molecule has 0 saturated carbocycles. The van der Waals surface area contributed by atoms with Gasteiger partial charge in [0.05, 0.1) is 38.3 Å². The van der Waals surface area contributed by atoms with E-state index in [-0.39, 0.29) is 24.3 Å². The van der Waals surface area contributed by atoms with Crippen LogP contribution in [0.2, 0.25) is 0 Å². The molecule has 0 radical (unpaired) electrons. The lowest BCUT2D eigenvalue weighted by molar-refractivity contribution is -0.143. The van der Waals surface area contributed by atoms with Crippen LogP contribution in [0.4, 0.5) is 0 Å². The SMILES string of the molecule is CCOC(=O)C[C@@H](c1ccc(OC)cc1OC)c1c(O)c2ccccc2[nH]c1=O. The molecule has 7 nitrogen and oxygen atoms in total. The second-order valence-corrected chi connectivity index (χ2v) is 6.43. The van der Waals surface area contributed by atoms with Crippen molar-refractivity contribution in [1.82, 2.24) is 4.98 Å². The van der Waals surface area contributed by atoms with Gasteiger partial charge in [-0.25, -0.2) is 0 Å². The molecule has 0 aliphatic heterocycles. The second-order valence-electron chi connectivity index (χ2n) is 6.43. The van der Waals surface area contributed by atoms with Crippen LogP contribution in [0.15, 0.2) is 47.3 Å². The summed E-state index contributed by atoms with van der Waals surface area (Å²) in [6, 6.07) is 12.0. The lowest BCUT2D eigenvalue weighted by Crippen LogP contribution is -2.21. The first-order chi connectivity index (χ1) is 14.0. The molecule has 1 aromatic heterocycles. The average molecular weight is 397 g/mol. The highest BCUT2D eigenvalue weighted by atomic mass is 16.5. The molecule has 0 aliphatic carbocycles. The lowest BCUT2D eigenvalue weighted by Gasteiger charge is -2.21. The fourth-order valence-electron chi connectivity index (χ4n) is 3.42. The number of methoxy groups -OCH3 is 2. The average Bonchev–Trinajstić information content (AvgIpc) is 2.72. The number of para-hydroxylation sites is 1. The van der Waals surface area contributed by atoms with Crippen LogP contribution in [-0.2, 0) is 9.53 Å². The Morgan fingerprint density at radius 3 is 2.59 bits per heavy atom. The maximum atomic E-state index is 12.9. The molecular weight excluding hydrogens is 374 g/mol. The summed E-state index contributed by atoms with van der Waals surface area (Å²) in [5.41, 5.74) is 0.682. The van der Waals surface area contributed by atoms with Crippen molar-refractivity contribution in [1.29, 1.82) is 0 Å². The molecule has 0 aliphatic rings. The third kappa shape index (κ3) is 4.03. The van der Waals surface area contributed by atoms with Crippen molar-refractivity contribution in [3.05, 3.63) is 63.9 Å². The summed E-state index contributed by atoms with van der Waals surface area (Å²) in [7, 11) is 3.02. The lowest BCUT2D eigenvalue weighted by atomic mass is 9.87. The van der Waals surface area contributed by atoms with E-state index >= 15 is 0 Å². The summed E-state index contributed by atoms with van der Waals surface area (Å²) >= 11 is 0. The van der Waals surface area contributed by atoms with Crippen LogP contribution < -0.4 is 15.0 Å². The van der Waals surface area contributed by atoms with Gasteiger partial charge in [-0.05, 0) is 25.1 Å². The standard InChI is InChI=1S/C22H23NO6/c1-4-29-19(24)12-16(14-10-9-13(27-2)11-18(14)28-3)20-21(25)15-7-5-6-8-17(15)23-22(20)26/h5-11,16H,4,12H2,1-3H3,(H2,23,25,26)/t16-/m0/s1. The zero-order valence-electron chi connectivity index (χ0n) is 16.5. The minimum Gasteiger partial charge on any atom is -0.507 e. The minimum atomic E-state index is -0.775. The molecule has 29 heavy (non-hydrogen) atoms. The van der Waals surface area contributed by atoms with E-state index in [0.29, 0.717) is 28.0 Å². The van der Waals surface area contributed by atoms with Crippen molar-refractivity contribution < 1.29 is 24.1 Å². The molecule has 0 amide bonds. The van der Waals surface area contributed by atoms with Crippen molar-refractivity contribution in [2.75, 3.05) is 20.8 Å². The van der Waals surface area contributed by atoms with Gasteiger partial charge in [0.25, 0.3) is 5.56 Å². The van der Waals surface area contributed by atoms with Crippen LogP contribution in [0.1, 0.15) is 30.4 Å². The summed E-state index contributed by atoms with van der Waals surface area (Å²) in [5, 5.41) is 11.4. The molecule has 0 spiro atoms. The first-order valence-corrected chi connectivity index (χ1v) is 9.21. The zero-order chi connectivity index (χ0) is 21.0. The number of nitrogens with one attached hydrogen (secondary N) is 1. The number of benzene rings is 2. The Balaban J connectivity index is 2.24. The Bertz CT molecular complexity index is 1090. The topological polar surface area (TPSA) is 97.8 Å². The third-order valence-corrected chi connectivity index (χ3v) is 4.77. The third-order valence-electron chi connectivity index (χ3n) is 4.77. The Labute approximate surface area is 167 Å². The molecule has 7 heteroatoms. The van der Waals surface area contributed by atoms with Gasteiger partial charge in [-0.1, -0.05) is 18.2 Å². The molecule has 0 bridgehead atoms. The number of fused-ring (bicyclic) bond motifs is 1. The van der Waals surface area contributed by atoms with Crippen molar-refractivity contribution in [2.45, 2.75) is 19.3 Å². The predicted octanol–water partition coefficient (Wildman–Crippen LogP) is 3.34. The van der Waals surface area contributed by atoms with Crippen molar-refractivity contribution >= 4 is 16.9 Å². The summed E-state index contributed by atoms with van der Waals surface area (Å²) in [5.74, 6) is -0.426. The molecule has 1 atom stereocenters. The largest absolute Gasteiger partial charge is 0.507 e. The van der Waals surface area contributed by atoms with Gasteiger partial charge in [0.15, 0.2) is 0 Å². The fraction of sp³-hybridized carbons (Fsp3) is 0.273. The number of carbonyl (C=O) groups excluding carboxylic acids is 1.